The highest BCUT2D eigenvalue weighted by molar-refractivity contribution is 7.09. The first kappa shape index (κ1) is 20.0. The first-order chi connectivity index (χ1) is 12.3. The fourth-order valence-corrected chi connectivity index (χ4v) is 3.06. The van der Waals surface area contributed by atoms with Crippen molar-refractivity contribution in [2.24, 2.45) is 0 Å². The largest absolute Gasteiger partial charge is 0.469 e. The third-order valence-electron chi connectivity index (χ3n) is 3.69. The van der Waals surface area contributed by atoms with Crippen molar-refractivity contribution >= 4 is 23.2 Å². The average molecular weight is 382 g/mol. The molecule has 1 aromatic carbocycles. The number of amides is 1. The van der Waals surface area contributed by atoms with Gasteiger partial charge in [-0.25, -0.2) is 13.8 Å². The summed E-state index contributed by atoms with van der Waals surface area (Å²) in [6, 6.07) is 3.44. The van der Waals surface area contributed by atoms with Crippen molar-refractivity contribution in [2.75, 3.05) is 13.7 Å². The maximum absolute atomic E-state index is 13.5. The summed E-state index contributed by atoms with van der Waals surface area (Å²) >= 11 is 1.38. The van der Waals surface area contributed by atoms with Crippen molar-refractivity contribution in [1.82, 2.24) is 9.88 Å². The van der Waals surface area contributed by atoms with Gasteiger partial charge in [0.05, 0.1) is 18.5 Å². The number of methoxy groups -OCH3 is 1. The van der Waals surface area contributed by atoms with Crippen molar-refractivity contribution in [3.8, 4) is 0 Å². The molecule has 26 heavy (non-hydrogen) atoms. The monoisotopic (exact) mass is 382 g/mol. The van der Waals surface area contributed by atoms with Crippen molar-refractivity contribution in [2.45, 2.75) is 32.7 Å². The molecule has 0 aliphatic carbocycles. The third kappa shape index (κ3) is 5.08. The molecule has 5 nitrogen and oxygen atoms in total. The van der Waals surface area contributed by atoms with E-state index >= 15 is 0 Å². The number of rotatable bonds is 7. The standard InChI is InChI=1S/C18H20F2N2O3S/c1-11(2)17-21-15(10-26-17)18(24)22(7-6-16(23)25-3)9-12-4-5-13(19)14(20)8-12/h4-5,8,10-11H,6-7,9H2,1-3H3. The van der Waals surface area contributed by atoms with Crippen LogP contribution in [-0.2, 0) is 16.1 Å². The minimum atomic E-state index is -0.987. The van der Waals surface area contributed by atoms with E-state index in [1.54, 1.807) is 5.38 Å². The fraction of sp³-hybridized carbons (Fsp3) is 0.389. The molecule has 1 amide bonds. The van der Waals surface area contributed by atoms with E-state index in [1.807, 2.05) is 13.8 Å². The van der Waals surface area contributed by atoms with Crippen molar-refractivity contribution in [3.05, 3.63) is 51.5 Å². The second-order valence-corrected chi connectivity index (χ2v) is 6.92. The molecule has 140 valence electrons. The number of halogens is 2. The molecule has 0 aliphatic rings. The minimum Gasteiger partial charge on any atom is -0.469 e. The lowest BCUT2D eigenvalue weighted by molar-refractivity contribution is -0.140. The Labute approximate surface area is 154 Å². The molecule has 1 heterocycles. The summed E-state index contributed by atoms with van der Waals surface area (Å²) in [6.45, 7) is 4.06. The lowest BCUT2D eigenvalue weighted by atomic mass is 10.2. The number of hydrogen-bond acceptors (Lipinski definition) is 5. The summed E-state index contributed by atoms with van der Waals surface area (Å²) in [6.07, 6.45) is -0.00685. The van der Waals surface area contributed by atoms with Crippen molar-refractivity contribution in [1.29, 1.82) is 0 Å². The highest BCUT2D eigenvalue weighted by Crippen LogP contribution is 2.21. The molecule has 0 unspecified atom stereocenters. The van der Waals surface area contributed by atoms with Crippen LogP contribution in [0.4, 0.5) is 8.78 Å². The molecule has 1 aromatic heterocycles. The molecule has 0 saturated heterocycles. The van der Waals surface area contributed by atoms with Gasteiger partial charge in [0.15, 0.2) is 11.6 Å². The van der Waals surface area contributed by atoms with Crippen LogP contribution >= 0.6 is 11.3 Å². The number of carbonyl (C=O) groups is 2. The molecule has 0 bridgehead atoms. The SMILES string of the molecule is COC(=O)CCN(Cc1ccc(F)c(F)c1)C(=O)c1csc(C(C)C)n1. The highest BCUT2D eigenvalue weighted by Gasteiger charge is 2.21. The van der Waals surface area contributed by atoms with E-state index in [0.717, 1.165) is 17.1 Å². The smallest absolute Gasteiger partial charge is 0.307 e. The predicted molar refractivity (Wildman–Crippen MR) is 93.9 cm³/mol. The Hall–Kier alpha value is -2.35. The zero-order chi connectivity index (χ0) is 19.3. The van der Waals surface area contributed by atoms with E-state index < -0.39 is 17.6 Å². The summed E-state index contributed by atoms with van der Waals surface area (Å²) in [5.41, 5.74) is 0.688. The van der Waals surface area contributed by atoms with E-state index in [1.165, 1.54) is 29.4 Å². The quantitative estimate of drug-likeness (QED) is 0.685. The number of hydrogen-bond donors (Lipinski definition) is 0. The maximum Gasteiger partial charge on any atom is 0.307 e. The van der Waals surface area contributed by atoms with E-state index in [0.29, 0.717) is 5.56 Å². The number of aromatic nitrogens is 1. The zero-order valence-corrected chi connectivity index (χ0v) is 15.6. The number of thiazole rings is 1. The van der Waals surface area contributed by atoms with Crippen LogP contribution in [0.3, 0.4) is 0 Å². The number of nitrogens with zero attached hydrogens (tertiary/aromatic N) is 2. The fourth-order valence-electron chi connectivity index (χ4n) is 2.25. The van der Waals surface area contributed by atoms with Gasteiger partial charge >= 0.3 is 5.97 Å². The minimum absolute atomic E-state index is 0.00685. The van der Waals surface area contributed by atoms with Crippen LogP contribution in [0.5, 0.6) is 0 Å². The van der Waals surface area contributed by atoms with Gasteiger partial charge in [0.2, 0.25) is 0 Å². The van der Waals surface area contributed by atoms with Gasteiger partial charge < -0.3 is 9.64 Å². The van der Waals surface area contributed by atoms with Crippen LogP contribution in [0.15, 0.2) is 23.6 Å². The van der Waals surface area contributed by atoms with Gasteiger partial charge in [0, 0.05) is 24.4 Å². The molecule has 8 heteroatoms. The van der Waals surface area contributed by atoms with Gasteiger partial charge in [0.1, 0.15) is 5.69 Å². The zero-order valence-electron chi connectivity index (χ0n) is 14.8. The molecule has 0 radical (unpaired) electrons. The lowest BCUT2D eigenvalue weighted by Gasteiger charge is -2.21. The number of esters is 1. The van der Waals surface area contributed by atoms with Crippen LogP contribution in [0.2, 0.25) is 0 Å². The first-order valence-corrected chi connectivity index (χ1v) is 8.95. The molecule has 0 N–H and O–H groups in total. The summed E-state index contributed by atoms with van der Waals surface area (Å²) in [7, 11) is 1.26. The van der Waals surface area contributed by atoms with Gasteiger partial charge in [-0.15, -0.1) is 11.3 Å². The molecular formula is C18H20F2N2O3S. The number of benzene rings is 1. The maximum atomic E-state index is 13.5. The van der Waals surface area contributed by atoms with E-state index in [9.17, 15) is 18.4 Å². The van der Waals surface area contributed by atoms with E-state index in [2.05, 4.69) is 9.72 Å². The lowest BCUT2D eigenvalue weighted by Crippen LogP contribution is -2.33. The molecule has 0 saturated carbocycles. The summed E-state index contributed by atoms with van der Waals surface area (Å²) in [5, 5.41) is 2.49. The molecule has 0 spiro atoms. The Bertz CT molecular complexity index is 792. The molecular weight excluding hydrogens is 362 g/mol. The molecule has 0 aliphatic heterocycles. The Morgan fingerprint density at radius 2 is 2.00 bits per heavy atom. The normalized spacial score (nSPS) is 10.8. The molecule has 2 rings (SSSR count). The third-order valence-corrected chi connectivity index (χ3v) is 4.84. The summed E-state index contributed by atoms with van der Waals surface area (Å²) < 4.78 is 31.2. The van der Waals surface area contributed by atoms with Crippen LogP contribution < -0.4 is 0 Å². The second kappa shape index (κ2) is 8.84. The van der Waals surface area contributed by atoms with Crippen LogP contribution in [0.25, 0.3) is 0 Å². The summed E-state index contributed by atoms with van der Waals surface area (Å²) in [5.74, 6) is -2.59. The Morgan fingerprint density at radius 1 is 1.27 bits per heavy atom. The van der Waals surface area contributed by atoms with Crippen molar-refractivity contribution < 1.29 is 23.1 Å². The van der Waals surface area contributed by atoms with Crippen LogP contribution in [0.1, 0.15) is 47.2 Å². The highest BCUT2D eigenvalue weighted by atomic mass is 32.1. The second-order valence-electron chi connectivity index (χ2n) is 6.03. The van der Waals surface area contributed by atoms with E-state index in [4.69, 9.17) is 0 Å². The first-order valence-electron chi connectivity index (χ1n) is 8.07. The summed E-state index contributed by atoms with van der Waals surface area (Å²) in [4.78, 5) is 29.9. The van der Waals surface area contributed by atoms with E-state index in [-0.39, 0.29) is 37.0 Å². The van der Waals surface area contributed by atoms with Gasteiger partial charge in [-0.3, -0.25) is 9.59 Å². The molecule has 0 atom stereocenters. The number of carbonyl (C=O) groups excluding carboxylic acids is 2. The van der Waals surface area contributed by atoms with Gasteiger partial charge in [-0.05, 0) is 17.7 Å². The predicted octanol–water partition coefficient (Wildman–Crippen LogP) is 3.75. The topological polar surface area (TPSA) is 59.5 Å². The molecule has 0 fully saturated rings. The van der Waals surface area contributed by atoms with Crippen molar-refractivity contribution in [3.63, 3.8) is 0 Å². The Morgan fingerprint density at radius 3 is 2.58 bits per heavy atom. The number of ether oxygens (including phenoxy) is 1. The Kier molecular flexibility index (Phi) is 6.79. The Balaban J connectivity index is 2.22. The average Bonchev–Trinajstić information content (AvgIpc) is 3.11. The van der Waals surface area contributed by atoms with Crippen LogP contribution in [0, 0.1) is 11.6 Å². The van der Waals surface area contributed by atoms with Gasteiger partial charge in [-0.1, -0.05) is 19.9 Å². The van der Waals surface area contributed by atoms with Gasteiger partial charge in [-0.2, -0.15) is 0 Å². The van der Waals surface area contributed by atoms with Gasteiger partial charge in [0.25, 0.3) is 5.91 Å². The molecule has 2 aromatic rings. The van der Waals surface area contributed by atoms with Crippen LogP contribution in [-0.4, -0.2) is 35.4 Å².